The zero-order valence-corrected chi connectivity index (χ0v) is 11.1. The summed E-state index contributed by atoms with van der Waals surface area (Å²) in [5, 5.41) is 9.60. The maximum absolute atomic E-state index is 10.9. The third-order valence-electron chi connectivity index (χ3n) is 2.83. The first-order valence-electron chi connectivity index (χ1n) is 5.65. The van der Waals surface area contributed by atoms with Gasteiger partial charge in [0.15, 0.2) is 0 Å². The van der Waals surface area contributed by atoms with Crippen molar-refractivity contribution < 1.29 is 9.90 Å². The summed E-state index contributed by atoms with van der Waals surface area (Å²) in [6, 6.07) is 7.68. The van der Waals surface area contributed by atoms with Gasteiger partial charge in [0.2, 0.25) is 0 Å². The molecule has 0 bridgehead atoms. The Kier molecular flexibility index (Phi) is 4.97. The first-order chi connectivity index (χ1) is 7.93. The zero-order chi connectivity index (χ0) is 13.0. The van der Waals surface area contributed by atoms with Gasteiger partial charge in [-0.15, -0.1) is 0 Å². The number of hydrogen-bond acceptors (Lipinski definition) is 2. The van der Waals surface area contributed by atoms with Gasteiger partial charge in [0.25, 0.3) is 0 Å². The van der Waals surface area contributed by atoms with Crippen LogP contribution >= 0.6 is 11.6 Å². The lowest BCUT2D eigenvalue weighted by molar-refractivity contribution is -0.139. The van der Waals surface area contributed by atoms with E-state index in [9.17, 15) is 4.79 Å². The normalized spacial score (nSPS) is 13.1. The predicted molar refractivity (Wildman–Crippen MR) is 69.3 cm³/mol. The number of aliphatic carboxylic acids is 1. The van der Waals surface area contributed by atoms with Gasteiger partial charge in [0.05, 0.1) is 6.54 Å². The van der Waals surface area contributed by atoms with Crippen LogP contribution in [0, 0.1) is 0 Å². The van der Waals surface area contributed by atoms with Crippen LogP contribution in [0.15, 0.2) is 24.3 Å². The Bertz CT molecular complexity index is 393. The van der Waals surface area contributed by atoms with E-state index in [2.05, 4.69) is 0 Å². The molecule has 1 unspecified atom stereocenters. The predicted octanol–water partition coefficient (Wildman–Crippen LogP) is 3.20. The lowest BCUT2D eigenvalue weighted by Crippen LogP contribution is -2.37. The van der Waals surface area contributed by atoms with E-state index in [1.165, 1.54) is 0 Å². The second kappa shape index (κ2) is 6.03. The average Bonchev–Trinajstić information content (AvgIpc) is 2.25. The van der Waals surface area contributed by atoms with Crippen LogP contribution in [0.4, 0.5) is 0 Å². The molecule has 1 atom stereocenters. The number of rotatable bonds is 5. The van der Waals surface area contributed by atoms with E-state index in [0.717, 1.165) is 5.56 Å². The van der Waals surface area contributed by atoms with E-state index in [-0.39, 0.29) is 18.6 Å². The van der Waals surface area contributed by atoms with Gasteiger partial charge in [-0.25, -0.2) is 0 Å². The van der Waals surface area contributed by atoms with Crippen molar-refractivity contribution in [2.45, 2.75) is 32.9 Å². The van der Waals surface area contributed by atoms with Gasteiger partial charge in [-0.05, 0) is 32.4 Å². The maximum atomic E-state index is 10.9. The molecule has 4 heteroatoms. The minimum atomic E-state index is -0.822. The smallest absolute Gasteiger partial charge is 0.317 e. The average molecular weight is 256 g/mol. The van der Waals surface area contributed by atoms with Crippen molar-refractivity contribution in [2.24, 2.45) is 0 Å². The number of carboxylic acids is 1. The van der Waals surface area contributed by atoms with E-state index in [1.807, 2.05) is 49.9 Å². The Morgan fingerprint density at radius 1 is 1.35 bits per heavy atom. The molecule has 0 spiro atoms. The standard InChI is InChI=1S/C13H18ClNO2/c1-9(2)15(8-13(16)17)10(3)11-6-4-5-7-12(11)14/h4-7,9-10H,8H2,1-3H3,(H,16,17). The van der Waals surface area contributed by atoms with Crippen molar-refractivity contribution in [1.82, 2.24) is 4.90 Å². The highest BCUT2D eigenvalue weighted by atomic mass is 35.5. The summed E-state index contributed by atoms with van der Waals surface area (Å²) in [4.78, 5) is 12.8. The van der Waals surface area contributed by atoms with E-state index in [4.69, 9.17) is 16.7 Å². The summed E-state index contributed by atoms with van der Waals surface area (Å²) in [6.07, 6.45) is 0. The van der Waals surface area contributed by atoms with Crippen LogP contribution in [0.3, 0.4) is 0 Å². The molecule has 0 saturated carbocycles. The van der Waals surface area contributed by atoms with Crippen LogP contribution in [0.2, 0.25) is 5.02 Å². The Hall–Kier alpha value is -1.06. The zero-order valence-electron chi connectivity index (χ0n) is 10.4. The summed E-state index contributed by atoms with van der Waals surface area (Å²) < 4.78 is 0. The largest absolute Gasteiger partial charge is 0.480 e. The number of halogens is 1. The molecule has 17 heavy (non-hydrogen) atoms. The second-order valence-electron chi connectivity index (χ2n) is 4.36. The van der Waals surface area contributed by atoms with Gasteiger partial charge in [0.1, 0.15) is 0 Å². The molecule has 1 rings (SSSR count). The third kappa shape index (κ3) is 3.72. The summed E-state index contributed by atoms with van der Waals surface area (Å²) in [7, 11) is 0. The van der Waals surface area contributed by atoms with Crippen molar-refractivity contribution >= 4 is 17.6 Å². The molecular formula is C13H18ClNO2. The molecule has 1 N–H and O–H groups in total. The first kappa shape index (κ1) is 14.0. The number of carbonyl (C=O) groups is 1. The molecule has 0 radical (unpaired) electrons. The SMILES string of the molecule is CC(C)N(CC(=O)O)C(C)c1ccccc1Cl. The van der Waals surface area contributed by atoms with Gasteiger partial charge >= 0.3 is 5.97 Å². The van der Waals surface area contributed by atoms with Gasteiger partial charge in [-0.2, -0.15) is 0 Å². The summed E-state index contributed by atoms with van der Waals surface area (Å²) in [5.74, 6) is -0.822. The Labute approximate surface area is 107 Å². The quantitative estimate of drug-likeness (QED) is 0.878. The summed E-state index contributed by atoms with van der Waals surface area (Å²) in [6.45, 7) is 5.96. The maximum Gasteiger partial charge on any atom is 0.317 e. The van der Waals surface area contributed by atoms with Crippen molar-refractivity contribution in [3.05, 3.63) is 34.9 Å². The molecule has 0 aromatic heterocycles. The van der Waals surface area contributed by atoms with Crippen LogP contribution in [0.1, 0.15) is 32.4 Å². The molecule has 0 saturated heterocycles. The van der Waals surface area contributed by atoms with Crippen LogP contribution in [0.25, 0.3) is 0 Å². The topological polar surface area (TPSA) is 40.5 Å². The van der Waals surface area contributed by atoms with E-state index >= 15 is 0 Å². The lowest BCUT2D eigenvalue weighted by Gasteiger charge is -2.31. The minimum absolute atomic E-state index is 0.0141. The molecule has 94 valence electrons. The molecule has 0 amide bonds. The van der Waals surface area contributed by atoms with Crippen molar-refractivity contribution in [1.29, 1.82) is 0 Å². The third-order valence-corrected chi connectivity index (χ3v) is 3.18. The molecule has 0 aliphatic carbocycles. The fraction of sp³-hybridized carbons (Fsp3) is 0.462. The molecule has 0 aliphatic heterocycles. The highest BCUT2D eigenvalue weighted by molar-refractivity contribution is 6.31. The summed E-state index contributed by atoms with van der Waals surface area (Å²) >= 11 is 6.13. The number of carboxylic acid groups (broad SMARTS) is 1. The van der Waals surface area contributed by atoms with Gasteiger partial charge in [0, 0.05) is 17.1 Å². The van der Waals surface area contributed by atoms with Crippen LogP contribution in [-0.2, 0) is 4.79 Å². The molecule has 1 aromatic carbocycles. The van der Waals surface area contributed by atoms with Crippen LogP contribution < -0.4 is 0 Å². The summed E-state index contributed by atoms with van der Waals surface area (Å²) in [5.41, 5.74) is 0.962. The van der Waals surface area contributed by atoms with E-state index in [0.29, 0.717) is 5.02 Å². The second-order valence-corrected chi connectivity index (χ2v) is 4.76. The molecular weight excluding hydrogens is 238 g/mol. The highest BCUT2D eigenvalue weighted by Crippen LogP contribution is 2.28. The van der Waals surface area contributed by atoms with Crippen molar-refractivity contribution in [3.8, 4) is 0 Å². The van der Waals surface area contributed by atoms with Crippen LogP contribution in [0.5, 0.6) is 0 Å². The minimum Gasteiger partial charge on any atom is -0.480 e. The number of nitrogens with zero attached hydrogens (tertiary/aromatic N) is 1. The van der Waals surface area contributed by atoms with Crippen LogP contribution in [-0.4, -0.2) is 28.6 Å². The molecule has 0 heterocycles. The Morgan fingerprint density at radius 2 is 1.94 bits per heavy atom. The van der Waals surface area contributed by atoms with E-state index < -0.39 is 5.97 Å². The van der Waals surface area contributed by atoms with Gasteiger partial charge in [-0.3, -0.25) is 9.69 Å². The van der Waals surface area contributed by atoms with Crippen molar-refractivity contribution in [2.75, 3.05) is 6.54 Å². The van der Waals surface area contributed by atoms with Crippen molar-refractivity contribution in [3.63, 3.8) is 0 Å². The molecule has 0 fully saturated rings. The number of hydrogen-bond donors (Lipinski definition) is 1. The van der Waals surface area contributed by atoms with Gasteiger partial charge < -0.3 is 5.11 Å². The monoisotopic (exact) mass is 255 g/mol. The molecule has 1 aromatic rings. The highest BCUT2D eigenvalue weighted by Gasteiger charge is 2.22. The van der Waals surface area contributed by atoms with Gasteiger partial charge in [-0.1, -0.05) is 29.8 Å². The Morgan fingerprint density at radius 3 is 2.41 bits per heavy atom. The fourth-order valence-electron chi connectivity index (χ4n) is 1.92. The Balaban J connectivity index is 2.95. The number of benzene rings is 1. The molecule has 3 nitrogen and oxygen atoms in total. The molecule has 0 aliphatic rings. The lowest BCUT2D eigenvalue weighted by atomic mass is 10.1. The fourth-order valence-corrected chi connectivity index (χ4v) is 2.21. The first-order valence-corrected chi connectivity index (χ1v) is 6.03. The van der Waals surface area contributed by atoms with E-state index in [1.54, 1.807) is 0 Å².